The minimum absolute atomic E-state index is 0.440. The highest BCUT2D eigenvalue weighted by Crippen LogP contribution is 2.27. The number of rotatable bonds is 2. The van der Waals surface area contributed by atoms with E-state index in [9.17, 15) is 0 Å². The third-order valence-electron chi connectivity index (χ3n) is 3.63. The Labute approximate surface area is 108 Å². The van der Waals surface area contributed by atoms with Gasteiger partial charge in [0.05, 0.1) is 17.4 Å². The van der Waals surface area contributed by atoms with Gasteiger partial charge >= 0.3 is 0 Å². The molecule has 94 valence electrons. The Morgan fingerprint density at radius 3 is 2.94 bits per heavy atom. The van der Waals surface area contributed by atoms with Crippen molar-refractivity contribution in [3.05, 3.63) is 41.6 Å². The predicted octanol–water partition coefficient (Wildman–Crippen LogP) is 2.82. The highest BCUT2D eigenvalue weighted by Gasteiger charge is 2.20. The fourth-order valence-electron chi connectivity index (χ4n) is 2.67. The van der Waals surface area contributed by atoms with Gasteiger partial charge in [0, 0.05) is 12.6 Å². The maximum atomic E-state index is 4.65. The molecule has 3 rings (SSSR count). The summed E-state index contributed by atoms with van der Waals surface area (Å²) in [6, 6.07) is 11.2. The summed E-state index contributed by atoms with van der Waals surface area (Å²) in [4.78, 5) is 0. The molecule has 1 unspecified atom stereocenters. The van der Waals surface area contributed by atoms with Crippen LogP contribution in [0.15, 0.2) is 30.3 Å². The van der Waals surface area contributed by atoms with Crippen LogP contribution in [0.4, 0.5) is 0 Å². The topological polar surface area (TPSA) is 29.9 Å². The summed E-state index contributed by atoms with van der Waals surface area (Å²) in [7, 11) is 2.02. The summed E-state index contributed by atoms with van der Waals surface area (Å²) in [6.07, 6.45) is 2.45. The van der Waals surface area contributed by atoms with Crippen LogP contribution in [-0.4, -0.2) is 16.3 Å². The molecule has 2 heterocycles. The standard InChI is InChI=1S/C15H19N3/c1-11-5-3-6-12(9-11)15-10-14(17-18(15)2)13-7-4-8-16-13/h3,5-6,9-10,13,16H,4,7-8H2,1-2H3. The van der Waals surface area contributed by atoms with Crippen LogP contribution in [0.25, 0.3) is 11.3 Å². The van der Waals surface area contributed by atoms with Gasteiger partial charge in [0.1, 0.15) is 0 Å². The first kappa shape index (κ1) is 11.5. The largest absolute Gasteiger partial charge is 0.309 e. The van der Waals surface area contributed by atoms with Gasteiger partial charge in [0.2, 0.25) is 0 Å². The lowest BCUT2D eigenvalue weighted by molar-refractivity contribution is 0.607. The van der Waals surface area contributed by atoms with Crippen molar-refractivity contribution in [1.29, 1.82) is 0 Å². The number of nitrogens with one attached hydrogen (secondary N) is 1. The van der Waals surface area contributed by atoms with Gasteiger partial charge in [-0.05, 0) is 38.4 Å². The maximum absolute atomic E-state index is 4.65. The van der Waals surface area contributed by atoms with Crippen molar-refractivity contribution in [2.75, 3.05) is 6.54 Å². The van der Waals surface area contributed by atoms with Crippen LogP contribution in [0.5, 0.6) is 0 Å². The molecular weight excluding hydrogens is 222 g/mol. The molecule has 3 heteroatoms. The van der Waals surface area contributed by atoms with E-state index in [4.69, 9.17) is 0 Å². The molecule has 1 fully saturated rings. The predicted molar refractivity (Wildman–Crippen MR) is 73.4 cm³/mol. The summed E-state index contributed by atoms with van der Waals surface area (Å²) in [5.74, 6) is 0. The van der Waals surface area contributed by atoms with Gasteiger partial charge in [0.15, 0.2) is 0 Å². The molecule has 0 bridgehead atoms. The summed E-state index contributed by atoms with van der Waals surface area (Å²) >= 11 is 0. The molecule has 1 aromatic carbocycles. The fraction of sp³-hybridized carbons (Fsp3) is 0.400. The fourth-order valence-corrected chi connectivity index (χ4v) is 2.67. The van der Waals surface area contributed by atoms with E-state index in [1.807, 2.05) is 11.7 Å². The molecule has 0 spiro atoms. The van der Waals surface area contributed by atoms with Crippen LogP contribution in [0.1, 0.15) is 30.1 Å². The zero-order valence-corrected chi connectivity index (χ0v) is 11.0. The molecule has 1 atom stereocenters. The summed E-state index contributed by atoms with van der Waals surface area (Å²) in [6.45, 7) is 3.24. The molecule has 1 aliphatic rings. The van der Waals surface area contributed by atoms with Gasteiger partial charge in [0.25, 0.3) is 0 Å². The van der Waals surface area contributed by atoms with Crippen LogP contribution in [-0.2, 0) is 7.05 Å². The summed E-state index contributed by atoms with van der Waals surface area (Å²) < 4.78 is 1.99. The SMILES string of the molecule is Cc1cccc(-c2cc(C3CCCN3)nn2C)c1. The van der Waals surface area contributed by atoms with Gasteiger partial charge in [-0.3, -0.25) is 4.68 Å². The molecular formula is C15H19N3. The van der Waals surface area contributed by atoms with Crippen molar-refractivity contribution < 1.29 is 0 Å². The van der Waals surface area contributed by atoms with Crippen LogP contribution in [0, 0.1) is 6.92 Å². The van der Waals surface area contributed by atoms with E-state index in [2.05, 4.69) is 47.7 Å². The Bertz CT molecular complexity index is 551. The van der Waals surface area contributed by atoms with Crippen LogP contribution < -0.4 is 5.32 Å². The van der Waals surface area contributed by atoms with Gasteiger partial charge < -0.3 is 5.32 Å². The smallest absolute Gasteiger partial charge is 0.0800 e. The average Bonchev–Trinajstić information content (AvgIpc) is 2.97. The second-order valence-corrected chi connectivity index (χ2v) is 5.10. The van der Waals surface area contributed by atoms with Crippen molar-refractivity contribution in [3.63, 3.8) is 0 Å². The van der Waals surface area contributed by atoms with Crippen molar-refractivity contribution in [1.82, 2.24) is 15.1 Å². The minimum atomic E-state index is 0.440. The van der Waals surface area contributed by atoms with Crippen molar-refractivity contribution in [3.8, 4) is 11.3 Å². The number of aryl methyl sites for hydroxylation is 2. The van der Waals surface area contributed by atoms with E-state index in [1.54, 1.807) is 0 Å². The lowest BCUT2D eigenvalue weighted by atomic mass is 10.1. The lowest BCUT2D eigenvalue weighted by Gasteiger charge is -2.04. The molecule has 0 aliphatic carbocycles. The Hall–Kier alpha value is -1.61. The highest BCUT2D eigenvalue weighted by atomic mass is 15.3. The molecule has 2 aromatic rings. The average molecular weight is 241 g/mol. The third kappa shape index (κ3) is 2.06. The number of benzene rings is 1. The van der Waals surface area contributed by atoms with E-state index in [1.165, 1.54) is 35.4 Å². The Morgan fingerprint density at radius 2 is 2.22 bits per heavy atom. The normalized spacial score (nSPS) is 19.3. The molecule has 1 aliphatic heterocycles. The van der Waals surface area contributed by atoms with E-state index >= 15 is 0 Å². The minimum Gasteiger partial charge on any atom is -0.309 e. The van der Waals surface area contributed by atoms with Crippen LogP contribution in [0.2, 0.25) is 0 Å². The van der Waals surface area contributed by atoms with Crippen LogP contribution in [0.3, 0.4) is 0 Å². The number of hydrogen-bond acceptors (Lipinski definition) is 2. The van der Waals surface area contributed by atoms with Gasteiger partial charge in [-0.15, -0.1) is 0 Å². The Balaban J connectivity index is 1.97. The maximum Gasteiger partial charge on any atom is 0.0800 e. The quantitative estimate of drug-likeness (QED) is 0.876. The first-order chi connectivity index (χ1) is 8.74. The van der Waals surface area contributed by atoms with Gasteiger partial charge in [-0.25, -0.2) is 0 Å². The van der Waals surface area contributed by atoms with Gasteiger partial charge in [-0.2, -0.15) is 5.10 Å². The molecule has 0 saturated carbocycles. The molecule has 1 saturated heterocycles. The van der Waals surface area contributed by atoms with E-state index in [0.29, 0.717) is 6.04 Å². The first-order valence-electron chi connectivity index (χ1n) is 6.58. The van der Waals surface area contributed by atoms with E-state index in [0.717, 1.165) is 6.54 Å². The zero-order valence-electron chi connectivity index (χ0n) is 11.0. The second kappa shape index (κ2) is 4.58. The summed E-state index contributed by atoms with van der Waals surface area (Å²) in [5, 5.41) is 8.15. The van der Waals surface area contributed by atoms with E-state index in [-0.39, 0.29) is 0 Å². The van der Waals surface area contributed by atoms with Crippen molar-refractivity contribution >= 4 is 0 Å². The Kier molecular flexibility index (Phi) is 2.92. The van der Waals surface area contributed by atoms with Gasteiger partial charge in [-0.1, -0.05) is 23.8 Å². The molecule has 0 radical (unpaired) electrons. The molecule has 18 heavy (non-hydrogen) atoms. The number of aromatic nitrogens is 2. The second-order valence-electron chi connectivity index (χ2n) is 5.10. The van der Waals surface area contributed by atoms with E-state index < -0.39 is 0 Å². The molecule has 1 N–H and O–H groups in total. The zero-order chi connectivity index (χ0) is 12.5. The lowest BCUT2D eigenvalue weighted by Crippen LogP contribution is -2.13. The van der Waals surface area contributed by atoms with Crippen LogP contribution >= 0.6 is 0 Å². The van der Waals surface area contributed by atoms with Crippen molar-refractivity contribution in [2.24, 2.45) is 7.05 Å². The number of nitrogens with zero attached hydrogens (tertiary/aromatic N) is 2. The highest BCUT2D eigenvalue weighted by molar-refractivity contribution is 5.61. The molecule has 0 amide bonds. The molecule has 3 nitrogen and oxygen atoms in total. The first-order valence-corrected chi connectivity index (χ1v) is 6.58. The summed E-state index contributed by atoms with van der Waals surface area (Å²) in [5.41, 5.74) is 4.90. The number of hydrogen-bond donors (Lipinski definition) is 1. The monoisotopic (exact) mass is 241 g/mol. The Morgan fingerprint density at radius 1 is 1.33 bits per heavy atom. The third-order valence-corrected chi connectivity index (χ3v) is 3.63. The van der Waals surface area contributed by atoms with Crippen molar-refractivity contribution in [2.45, 2.75) is 25.8 Å². The molecule has 1 aromatic heterocycles.